The Labute approximate surface area is 217 Å². The molecule has 37 heavy (non-hydrogen) atoms. The molecule has 2 fully saturated rings. The van der Waals surface area contributed by atoms with Crippen molar-refractivity contribution in [2.45, 2.75) is 37.4 Å². The van der Waals surface area contributed by atoms with Gasteiger partial charge < -0.3 is 25.5 Å². The molecule has 1 saturated carbocycles. The number of likely N-dealkylation sites (tertiary alicyclic amines) is 1. The van der Waals surface area contributed by atoms with Gasteiger partial charge in [-0.15, -0.1) is 0 Å². The number of nitrogens with zero attached hydrogens (tertiary/aromatic N) is 2. The Hall–Kier alpha value is -3.63. The molecule has 194 valence electrons. The summed E-state index contributed by atoms with van der Waals surface area (Å²) in [7, 11) is 1.46. The third-order valence-corrected chi connectivity index (χ3v) is 7.28. The maximum Gasteiger partial charge on any atom is 0.429 e. The number of ether oxygens (including phenoxy) is 1. The number of benzene rings is 2. The molecule has 2 aliphatic rings. The number of hydrogen-bond acceptors (Lipinski definition) is 5. The molecule has 0 bridgehead atoms. The summed E-state index contributed by atoms with van der Waals surface area (Å²) in [4.78, 5) is 44.9. The summed E-state index contributed by atoms with van der Waals surface area (Å²) in [6.07, 6.45) is 1.96. The summed E-state index contributed by atoms with van der Waals surface area (Å²) in [6, 6.07) is 10.3. The van der Waals surface area contributed by atoms with E-state index in [1.54, 1.807) is 35.4 Å². The van der Waals surface area contributed by atoms with E-state index in [1.165, 1.54) is 17.9 Å². The van der Waals surface area contributed by atoms with Crippen molar-refractivity contribution in [3.8, 4) is 0 Å². The van der Waals surface area contributed by atoms with Gasteiger partial charge in [0.15, 0.2) is 0 Å². The smallest absolute Gasteiger partial charge is 0.382 e. The molecule has 0 spiro atoms. The first-order valence-electron chi connectivity index (χ1n) is 11.9. The molecule has 3 amide bonds. The second kappa shape index (κ2) is 10.0. The van der Waals surface area contributed by atoms with Crippen molar-refractivity contribution in [2.24, 2.45) is 11.7 Å². The minimum Gasteiger partial charge on any atom is -0.382 e. The van der Waals surface area contributed by atoms with E-state index in [0.717, 1.165) is 11.8 Å². The van der Waals surface area contributed by atoms with Gasteiger partial charge in [-0.2, -0.15) is 4.73 Å². The second-order valence-electron chi connectivity index (χ2n) is 9.36. The van der Waals surface area contributed by atoms with Crippen LogP contribution < -0.4 is 15.9 Å². The van der Waals surface area contributed by atoms with Gasteiger partial charge in [-0.05, 0) is 36.5 Å². The number of nitrogens with two attached hydrogens (primary N) is 1. The van der Waals surface area contributed by atoms with Gasteiger partial charge in [-0.25, -0.2) is 9.18 Å². The highest BCUT2D eigenvalue weighted by Gasteiger charge is 2.56. The van der Waals surface area contributed by atoms with Crippen molar-refractivity contribution in [1.29, 1.82) is 0 Å². The molecule has 0 radical (unpaired) electrons. The fraction of sp³-hybridized carbons (Fsp3) is 0.346. The van der Waals surface area contributed by atoms with Gasteiger partial charge in [0.2, 0.25) is 11.8 Å². The molecule has 1 aromatic heterocycles. The Balaban J connectivity index is 1.36. The number of carbonyl (C=O) groups is 3. The average Bonchev–Trinajstić information content (AvgIpc) is 3.40. The Morgan fingerprint density at radius 1 is 1.19 bits per heavy atom. The number of primary amides is 1. The average molecular weight is 529 g/mol. The first-order chi connectivity index (χ1) is 17.8. The van der Waals surface area contributed by atoms with Crippen LogP contribution in [0.3, 0.4) is 0 Å². The Morgan fingerprint density at radius 2 is 1.97 bits per heavy atom. The van der Waals surface area contributed by atoms with Gasteiger partial charge in [-0.1, -0.05) is 41.9 Å². The fourth-order valence-electron chi connectivity index (χ4n) is 5.27. The SMILES string of the molecule is COC[C@@H](NC(=O)[C@@H]1C[C@H]2C[C@H]2N1C(=O)Cc1cn(OC(N)=O)c2ccccc12)c1cccc(Cl)c1F. The lowest BCUT2D eigenvalue weighted by Gasteiger charge is -2.29. The first-order valence-corrected chi connectivity index (χ1v) is 12.3. The van der Waals surface area contributed by atoms with Crippen LogP contribution in [-0.4, -0.2) is 53.3 Å². The Kier molecular flexibility index (Phi) is 6.78. The van der Waals surface area contributed by atoms with Gasteiger partial charge in [-0.3, -0.25) is 9.59 Å². The topological polar surface area (TPSA) is 116 Å². The number of piperidine rings is 1. The highest BCUT2D eigenvalue weighted by atomic mass is 35.5. The van der Waals surface area contributed by atoms with E-state index in [0.29, 0.717) is 17.5 Å². The molecule has 3 aromatic rings. The van der Waals surface area contributed by atoms with Crippen LogP contribution in [-0.2, 0) is 20.7 Å². The van der Waals surface area contributed by atoms with E-state index in [1.807, 2.05) is 12.1 Å². The molecule has 2 aromatic carbocycles. The molecule has 1 saturated heterocycles. The van der Waals surface area contributed by atoms with E-state index in [9.17, 15) is 18.8 Å². The largest absolute Gasteiger partial charge is 0.429 e. The Bertz CT molecular complexity index is 1380. The third kappa shape index (κ3) is 4.86. The summed E-state index contributed by atoms with van der Waals surface area (Å²) >= 11 is 5.94. The maximum atomic E-state index is 14.7. The van der Waals surface area contributed by atoms with Gasteiger partial charge in [0, 0.05) is 30.3 Å². The van der Waals surface area contributed by atoms with Gasteiger partial charge in [0.05, 0.1) is 29.6 Å². The summed E-state index contributed by atoms with van der Waals surface area (Å²) in [5.41, 5.74) is 6.63. The number of halogens is 2. The molecule has 9 nitrogen and oxygen atoms in total. The molecular weight excluding hydrogens is 503 g/mol. The molecular formula is C26H26ClFN4O5. The molecule has 1 aliphatic heterocycles. The summed E-state index contributed by atoms with van der Waals surface area (Å²) in [5, 5.41) is 3.54. The minimum absolute atomic E-state index is 0.00700. The van der Waals surface area contributed by atoms with Crippen LogP contribution in [0.2, 0.25) is 5.02 Å². The van der Waals surface area contributed by atoms with E-state index in [-0.39, 0.29) is 47.4 Å². The Morgan fingerprint density at radius 3 is 2.73 bits per heavy atom. The molecule has 11 heteroatoms. The highest BCUT2D eigenvalue weighted by molar-refractivity contribution is 6.30. The van der Waals surface area contributed by atoms with Gasteiger partial charge >= 0.3 is 6.09 Å². The van der Waals surface area contributed by atoms with Crippen molar-refractivity contribution in [3.05, 3.63) is 70.6 Å². The van der Waals surface area contributed by atoms with Crippen LogP contribution in [0.1, 0.15) is 30.0 Å². The number of methoxy groups -OCH3 is 1. The molecule has 4 atom stereocenters. The number of fused-ring (bicyclic) bond motifs is 2. The number of rotatable bonds is 8. The predicted octanol–water partition coefficient (Wildman–Crippen LogP) is 2.98. The monoisotopic (exact) mass is 528 g/mol. The highest BCUT2D eigenvalue weighted by Crippen LogP contribution is 2.48. The van der Waals surface area contributed by atoms with Crippen molar-refractivity contribution in [3.63, 3.8) is 0 Å². The van der Waals surface area contributed by atoms with E-state index in [4.69, 9.17) is 26.9 Å². The normalized spacial score (nSPS) is 20.9. The third-order valence-electron chi connectivity index (χ3n) is 6.99. The van der Waals surface area contributed by atoms with Crippen LogP contribution in [0.5, 0.6) is 0 Å². The molecule has 2 heterocycles. The molecule has 1 aliphatic carbocycles. The predicted molar refractivity (Wildman–Crippen MR) is 133 cm³/mol. The zero-order chi connectivity index (χ0) is 26.3. The lowest BCUT2D eigenvalue weighted by molar-refractivity contribution is -0.139. The van der Waals surface area contributed by atoms with Gasteiger partial charge in [0.25, 0.3) is 0 Å². The van der Waals surface area contributed by atoms with Crippen LogP contribution in [0, 0.1) is 11.7 Å². The molecule has 0 unspecified atom stereocenters. The van der Waals surface area contributed by atoms with Crippen molar-refractivity contribution < 1.29 is 28.3 Å². The van der Waals surface area contributed by atoms with Crippen molar-refractivity contribution >= 4 is 40.4 Å². The van der Waals surface area contributed by atoms with E-state index < -0.39 is 24.0 Å². The first kappa shape index (κ1) is 25.0. The standard InChI is InChI=1S/C26H26ClFN4O5/c1-36-13-19(17-6-4-7-18(27)24(17)28)30-25(34)22-10-14-9-21(14)32(22)23(33)11-15-12-31(37-26(29)35)20-8-3-2-5-16(15)20/h2-8,12,14,19,21-22H,9-11,13H2,1H3,(H2,29,35)(H,30,34)/t14-,19-,21-,22+/m1/s1. The van der Waals surface area contributed by atoms with Crippen molar-refractivity contribution in [2.75, 3.05) is 13.7 Å². The maximum absolute atomic E-state index is 14.7. The molecule has 5 rings (SSSR count). The summed E-state index contributed by atoms with van der Waals surface area (Å²) in [5.74, 6) is -0.961. The second-order valence-corrected chi connectivity index (χ2v) is 9.77. The lowest BCUT2D eigenvalue weighted by atomic mass is 10.0. The lowest BCUT2D eigenvalue weighted by Crippen LogP contribution is -2.49. The van der Waals surface area contributed by atoms with Crippen LogP contribution >= 0.6 is 11.6 Å². The number of hydrogen-bond donors (Lipinski definition) is 2. The van der Waals surface area contributed by atoms with Crippen LogP contribution in [0.25, 0.3) is 10.9 Å². The summed E-state index contributed by atoms with van der Waals surface area (Å²) in [6.45, 7) is 0.0376. The number of nitrogens with one attached hydrogen (secondary N) is 1. The molecule has 3 N–H and O–H groups in total. The van der Waals surface area contributed by atoms with E-state index >= 15 is 0 Å². The van der Waals surface area contributed by atoms with E-state index in [2.05, 4.69) is 5.32 Å². The van der Waals surface area contributed by atoms with Crippen LogP contribution in [0.4, 0.5) is 9.18 Å². The quantitative estimate of drug-likeness (QED) is 0.466. The van der Waals surface area contributed by atoms with Gasteiger partial charge in [0.1, 0.15) is 11.9 Å². The zero-order valence-corrected chi connectivity index (χ0v) is 20.8. The number of para-hydroxylation sites is 1. The number of aromatic nitrogens is 1. The van der Waals surface area contributed by atoms with Crippen molar-refractivity contribution in [1.82, 2.24) is 14.9 Å². The van der Waals surface area contributed by atoms with Crippen LogP contribution in [0.15, 0.2) is 48.7 Å². The minimum atomic E-state index is -0.975. The number of carbonyl (C=O) groups excluding carboxylic acids is 3. The summed E-state index contributed by atoms with van der Waals surface area (Å²) < 4.78 is 21.1. The number of amides is 3. The fourth-order valence-corrected chi connectivity index (χ4v) is 5.45. The zero-order valence-electron chi connectivity index (χ0n) is 20.0.